The molecule has 0 radical (unpaired) electrons. The number of nitro benzene ring substituents is 1. The zero-order valence-corrected chi connectivity index (χ0v) is 12.8. The number of aliphatic carboxylic acids is 1. The molecule has 0 aromatic heterocycles. The topological polar surface area (TPSA) is 83.7 Å². The van der Waals surface area contributed by atoms with Gasteiger partial charge in [0.2, 0.25) is 0 Å². The first-order chi connectivity index (χ1) is 9.80. The maximum Gasteiger partial charge on any atom is 0.311 e. The van der Waals surface area contributed by atoms with Crippen molar-refractivity contribution in [2.24, 2.45) is 5.41 Å². The summed E-state index contributed by atoms with van der Waals surface area (Å²) in [5.74, 6) is -0.879. The molecule has 6 nitrogen and oxygen atoms in total. The molecule has 21 heavy (non-hydrogen) atoms. The molecule has 0 amide bonds. The molecule has 0 aliphatic carbocycles. The van der Waals surface area contributed by atoms with Gasteiger partial charge in [0.05, 0.1) is 20.4 Å². The van der Waals surface area contributed by atoms with Crippen molar-refractivity contribution in [1.29, 1.82) is 0 Å². The number of carboxylic acid groups (broad SMARTS) is 1. The summed E-state index contributed by atoms with van der Waals surface area (Å²) in [6.45, 7) is 2.46. The number of benzene rings is 1. The first kappa shape index (κ1) is 15.9. The number of nitro groups is 1. The van der Waals surface area contributed by atoms with E-state index < -0.39 is 16.3 Å². The van der Waals surface area contributed by atoms with E-state index in [2.05, 4.69) is 0 Å². The Morgan fingerprint density at radius 3 is 2.57 bits per heavy atom. The first-order valence-electron chi connectivity index (χ1n) is 6.42. The van der Waals surface area contributed by atoms with Crippen LogP contribution in [0.4, 0.5) is 11.4 Å². The number of carbonyl (C=O) groups is 1. The maximum absolute atomic E-state index is 11.5. The van der Waals surface area contributed by atoms with E-state index in [-0.39, 0.29) is 22.3 Å². The predicted molar refractivity (Wildman–Crippen MR) is 80.3 cm³/mol. The Kier molecular flexibility index (Phi) is 4.30. The summed E-state index contributed by atoms with van der Waals surface area (Å²) in [5, 5.41) is 20.9. The van der Waals surface area contributed by atoms with E-state index in [1.807, 2.05) is 0 Å². The van der Waals surface area contributed by atoms with Gasteiger partial charge in [0.25, 0.3) is 5.69 Å². The van der Waals surface area contributed by atoms with Crippen molar-refractivity contribution in [3.8, 4) is 0 Å². The van der Waals surface area contributed by atoms with Crippen molar-refractivity contribution < 1.29 is 14.8 Å². The van der Waals surface area contributed by atoms with E-state index in [0.717, 1.165) is 0 Å². The van der Waals surface area contributed by atoms with Gasteiger partial charge in [-0.05, 0) is 18.9 Å². The Labute approximate surface area is 131 Å². The van der Waals surface area contributed by atoms with E-state index in [1.54, 1.807) is 11.8 Å². The van der Waals surface area contributed by atoms with Crippen LogP contribution in [0.5, 0.6) is 0 Å². The summed E-state index contributed by atoms with van der Waals surface area (Å²) in [7, 11) is 0. The zero-order chi connectivity index (χ0) is 15.8. The molecular weight excluding hydrogens is 319 g/mol. The van der Waals surface area contributed by atoms with Crippen LogP contribution < -0.4 is 4.90 Å². The summed E-state index contributed by atoms with van der Waals surface area (Å²) in [6.07, 6.45) is 0.907. The Morgan fingerprint density at radius 1 is 1.48 bits per heavy atom. The fraction of sp³-hybridized carbons (Fsp3) is 0.462. The van der Waals surface area contributed by atoms with Gasteiger partial charge in [-0.25, -0.2) is 0 Å². The molecule has 1 saturated heterocycles. The highest BCUT2D eigenvalue weighted by atomic mass is 35.5. The number of hydrogen-bond acceptors (Lipinski definition) is 4. The van der Waals surface area contributed by atoms with Crippen LogP contribution in [-0.4, -0.2) is 29.1 Å². The van der Waals surface area contributed by atoms with Crippen molar-refractivity contribution >= 4 is 40.5 Å². The fourth-order valence-corrected chi connectivity index (χ4v) is 2.93. The molecule has 0 bridgehead atoms. The van der Waals surface area contributed by atoms with Crippen LogP contribution in [0.2, 0.25) is 10.0 Å². The van der Waals surface area contributed by atoms with Gasteiger partial charge >= 0.3 is 5.97 Å². The van der Waals surface area contributed by atoms with Crippen LogP contribution in [0.25, 0.3) is 0 Å². The molecule has 1 fully saturated rings. The van der Waals surface area contributed by atoms with E-state index in [4.69, 9.17) is 23.2 Å². The maximum atomic E-state index is 11.5. The minimum absolute atomic E-state index is 0.103. The largest absolute Gasteiger partial charge is 0.481 e. The van der Waals surface area contributed by atoms with Gasteiger partial charge < -0.3 is 10.0 Å². The Balaban J connectivity index is 2.42. The minimum atomic E-state index is -0.879. The van der Waals surface area contributed by atoms with E-state index in [1.165, 1.54) is 12.1 Å². The first-order valence-corrected chi connectivity index (χ1v) is 7.18. The lowest BCUT2D eigenvalue weighted by Crippen LogP contribution is -2.34. The van der Waals surface area contributed by atoms with Crippen molar-refractivity contribution in [2.75, 3.05) is 18.0 Å². The van der Waals surface area contributed by atoms with Crippen LogP contribution >= 0.6 is 23.2 Å². The Bertz CT molecular complexity index is 608. The number of nitrogens with zero attached hydrogens (tertiary/aromatic N) is 2. The summed E-state index contributed by atoms with van der Waals surface area (Å²) in [6, 6.07) is 2.63. The van der Waals surface area contributed by atoms with Crippen LogP contribution in [0, 0.1) is 15.5 Å². The zero-order valence-electron chi connectivity index (χ0n) is 11.3. The molecule has 1 aromatic carbocycles. The van der Waals surface area contributed by atoms with Gasteiger partial charge in [-0.3, -0.25) is 14.9 Å². The van der Waals surface area contributed by atoms with E-state index in [0.29, 0.717) is 25.1 Å². The molecular formula is C13H14Cl2N2O4. The summed E-state index contributed by atoms with van der Waals surface area (Å²) < 4.78 is 0. The molecule has 1 aliphatic rings. The number of rotatable bonds is 4. The van der Waals surface area contributed by atoms with Crippen LogP contribution in [-0.2, 0) is 4.79 Å². The Morgan fingerprint density at radius 2 is 2.10 bits per heavy atom. The second-order valence-electron chi connectivity index (χ2n) is 5.12. The molecule has 2 rings (SSSR count). The lowest BCUT2D eigenvalue weighted by Gasteiger charge is -2.24. The molecule has 1 aromatic rings. The number of hydrogen-bond donors (Lipinski definition) is 1. The van der Waals surface area contributed by atoms with Gasteiger partial charge in [-0.1, -0.05) is 30.1 Å². The molecule has 1 aliphatic heterocycles. The van der Waals surface area contributed by atoms with Gasteiger partial charge in [-0.2, -0.15) is 0 Å². The lowest BCUT2D eigenvalue weighted by atomic mass is 9.84. The third kappa shape index (κ3) is 2.78. The molecule has 1 unspecified atom stereocenters. The van der Waals surface area contributed by atoms with E-state index >= 15 is 0 Å². The van der Waals surface area contributed by atoms with Crippen molar-refractivity contribution in [1.82, 2.24) is 0 Å². The average Bonchev–Trinajstić information content (AvgIpc) is 2.86. The molecule has 8 heteroatoms. The highest BCUT2D eigenvalue weighted by Crippen LogP contribution is 2.42. The Hall–Kier alpha value is -1.53. The molecule has 1 heterocycles. The van der Waals surface area contributed by atoms with Gasteiger partial charge in [0.1, 0.15) is 5.69 Å². The SMILES string of the molecule is CCC1(C(=O)O)CCN(c2cc(Cl)c(Cl)cc2[N+](=O)[O-])C1. The summed E-state index contributed by atoms with van der Waals surface area (Å²) in [5.41, 5.74) is -0.729. The van der Waals surface area contributed by atoms with E-state index in [9.17, 15) is 20.0 Å². The molecule has 1 N–H and O–H groups in total. The van der Waals surface area contributed by atoms with Gasteiger partial charge in [0.15, 0.2) is 0 Å². The van der Waals surface area contributed by atoms with Gasteiger partial charge in [0, 0.05) is 19.2 Å². The summed E-state index contributed by atoms with van der Waals surface area (Å²) in [4.78, 5) is 23.8. The second-order valence-corrected chi connectivity index (χ2v) is 5.94. The van der Waals surface area contributed by atoms with Crippen molar-refractivity contribution in [3.05, 3.63) is 32.3 Å². The third-order valence-electron chi connectivity index (χ3n) is 4.04. The van der Waals surface area contributed by atoms with Crippen LogP contribution in [0.15, 0.2) is 12.1 Å². The highest BCUT2D eigenvalue weighted by Gasteiger charge is 2.44. The molecule has 0 saturated carbocycles. The minimum Gasteiger partial charge on any atom is -0.481 e. The smallest absolute Gasteiger partial charge is 0.311 e. The number of carboxylic acids is 1. The monoisotopic (exact) mass is 332 g/mol. The predicted octanol–water partition coefficient (Wildman–Crippen LogP) is 3.59. The second kappa shape index (κ2) is 5.69. The fourth-order valence-electron chi connectivity index (χ4n) is 2.62. The normalized spacial score (nSPS) is 21.6. The highest BCUT2D eigenvalue weighted by molar-refractivity contribution is 6.42. The van der Waals surface area contributed by atoms with Gasteiger partial charge in [-0.15, -0.1) is 0 Å². The number of halogens is 2. The molecule has 1 atom stereocenters. The standard InChI is InChI=1S/C13H14Cl2N2O4/c1-2-13(12(18)19)3-4-16(7-13)10-5-8(14)9(15)6-11(10)17(20)21/h5-6H,2-4,7H2,1H3,(H,18,19). The molecule has 114 valence electrons. The quantitative estimate of drug-likeness (QED) is 0.672. The van der Waals surface area contributed by atoms with Crippen LogP contribution in [0.1, 0.15) is 19.8 Å². The van der Waals surface area contributed by atoms with Crippen LogP contribution in [0.3, 0.4) is 0 Å². The third-order valence-corrected chi connectivity index (χ3v) is 4.76. The van der Waals surface area contributed by atoms with Crippen molar-refractivity contribution in [3.63, 3.8) is 0 Å². The number of anilines is 1. The van der Waals surface area contributed by atoms with Crippen molar-refractivity contribution in [2.45, 2.75) is 19.8 Å². The molecule has 0 spiro atoms. The summed E-state index contributed by atoms with van der Waals surface area (Å²) >= 11 is 11.8. The average molecular weight is 333 g/mol. The lowest BCUT2D eigenvalue weighted by molar-refractivity contribution is -0.384.